The van der Waals surface area contributed by atoms with Crippen LogP contribution < -0.4 is 0 Å². The van der Waals surface area contributed by atoms with E-state index in [0.29, 0.717) is 0 Å². The predicted molar refractivity (Wildman–Crippen MR) is 7.84 cm³/mol. The zero-order valence-corrected chi connectivity index (χ0v) is 4.83. The molecule has 0 saturated heterocycles. The molecule has 0 rings (SSSR count). The van der Waals surface area contributed by atoms with Crippen LogP contribution in [0.15, 0.2) is 0 Å². The molecule has 5 heteroatoms. The molecule has 1 nitrogen and oxygen atoms in total. The molecular formula is HLiMn2NiO. The van der Waals surface area contributed by atoms with Gasteiger partial charge in [0.05, 0.1) is 0 Å². The number of rotatable bonds is 0. The third-order valence-corrected chi connectivity index (χ3v) is 0. The molecule has 0 aliphatic carbocycles. The van der Waals surface area contributed by atoms with Crippen LogP contribution in [0.4, 0.5) is 0 Å². The summed E-state index contributed by atoms with van der Waals surface area (Å²) in [4.78, 5) is 0. The molecule has 0 saturated carbocycles. The fraction of sp³-hybridized carbons (Fsp3) is 0. The Morgan fingerprint density at radius 2 is 1.20 bits per heavy atom. The van der Waals surface area contributed by atoms with Crippen LogP contribution in [0.2, 0.25) is 0 Å². The Kier molecular flexibility index (Phi) is 220. The summed E-state index contributed by atoms with van der Waals surface area (Å²) in [6, 6.07) is 0. The summed E-state index contributed by atoms with van der Waals surface area (Å²) in [7, 11) is 0. The van der Waals surface area contributed by atoms with Gasteiger partial charge >= 0.3 is 38.6 Å². The Labute approximate surface area is 71.6 Å². The van der Waals surface area contributed by atoms with E-state index >= 15 is 0 Å². The summed E-state index contributed by atoms with van der Waals surface area (Å²) in [6.07, 6.45) is 0. The molecule has 0 aromatic carbocycles. The van der Waals surface area contributed by atoms with Crippen molar-refractivity contribution in [2.24, 2.45) is 0 Å². The van der Waals surface area contributed by atoms with Crippen molar-refractivity contribution in [3.63, 3.8) is 0 Å². The summed E-state index contributed by atoms with van der Waals surface area (Å²) in [6.45, 7) is 0. The molecule has 0 unspecified atom stereocenters. The molecule has 0 bridgehead atoms. The Hall–Kier alpha value is 1.93. The van der Waals surface area contributed by atoms with E-state index in [2.05, 4.69) is 0 Å². The van der Waals surface area contributed by atoms with Gasteiger partial charge in [-0.2, -0.15) is 0 Å². The van der Waals surface area contributed by atoms with Crippen molar-refractivity contribution in [3.8, 4) is 0 Å². The molecule has 0 aromatic rings. The monoisotopic (exact) mass is 192 g/mol. The second-order valence-electron chi connectivity index (χ2n) is 0. The van der Waals surface area contributed by atoms with Gasteiger partial charge in [0.1, 0.15) is 0 Å². The molecule has 1 radical (unpaired) electrons. The van der Waals surface area contributed by atoms with Gasteiger partial charge < -0.3 is 0 Å². The van der Waals surface area contributed by atoms with Crippen LogP contribution in [-0.2, 0) is 53.3 Å². The van der Waals surface area contributed by atoms with Gasteiger partial charge in [-0.25, -0.2) is 0 Å². The van der Waals surface area contributed by atoms with E-state index < -0.39 is 0 Å². The summed E-state index contributed by atoms with van der Waals surface area (Å²) < 4.78 is 8.06. The van der Waals surface area contributed by atoms with Crippen LogP contribution in [0.5, 0.6) is 0 Å². The normalized spacial score (nSPS) is 0.800. The van der Waals surface area contributed by atoms with Crippen LogP contribution in [-0.4, -0.2) is 18.9 Å². The van der Waals surface area contributed by atoms with Crippen molar-refractivity contribution >= 4 is 18.9 Å². The van der Waals surface area contributed by atoms with Gasteiger partial charge in [0.2, 0.25) is 0 Å². The van der Waals surface area contributed by atoms with E-state index in [0.717, 1.165) is 0 Å². The maximum atomic E-state index is 8.06. The second kappa shape index (κ2) is 38.7. The van der Waals surface area contributed by atoms with Crippen LogP contribution >= 0.6 is 0 Å². The molecule has 0 heterocycles. The van der Waals surface area contributed by atoms with Crippen molar-refractivity contribution < 1.29 is 53.3 Å². The molecule has 5 heavy (non-hydrogen) atoms. The Morgan fingerprint density at radius 1 is 1.20 bits per heavy atom. The van der Waals surface area contributed by atoms with Gasteiger partial charge in [0.15, 0.2) is 0 Å². The van der Waals surface area contributed by atoms with Gasteiger partial charge in [-0.1, -0.05) is 0 Å². The molecule has 32 valence electrons. The van der Waals surface area contributed by atoms with Gasteiger partial charge in [-0.15, -0.1) is 0 Å². The van der Waals surface area contributed by atoms with Crippen molar-refractivity contribution in [1.82, 2.24) is 0 Å². The fourth-order valence-corrected chi connectivity index (χ4v) is 0. The van der Waals surface area contributed by atoms with Gasteiger partial charge in [-0.05, 0) is 0 Å². The summed E-state index contributed by atoms with van der Waals surface area (Å²) >= 11 is 1.69. The van der Waals surface area contributed by atoms with Crippen molar-refractivity contribution in [2.45, 2.75) is 0 Å². The topological polar surface area (TPSA) is 17.1 Å². The first-order valence-electron chi connectivity index (χ1n) is 0.154. The minimum atomic E-state index is 0. The van der Waals surface area contributed by atoms with E-state index in [-0.39, 0.29) is 52.4 Å². The van der Waals surface area contributed by atoms with Crippen molar-refractivity contribution in [3.05, 3.63) is 0 Å². The van der Waals surface area contributed by atoms with Crippen molar-refractivity contribution in [1.29, 1.82) is 0 Å². The minimum absolute atomic E-state index is 0. The van der Waals surface area contributed by atoms with E-state index in [1.165, 1.54) is 0 Å². The molecule has 0 amide bonds. The average molecular weight is 193 g/mol. The standard InChI is InChI=1S/Li.2Mn.Ni.O.H. The SMILES string of the molecule is [LiH].[Mn].[Ni].[O]=[Mn]. The molecule has 0 aliphatic rings. The van der Waals surface area contributed by atoms with Crippen LogP contribution in [0.25, 0.3) is 0 Å². The molecule has 0 fully saturated rings. The third-order valence-electron chi connectivity index (χ3n) is 0. The predicted octanol–water partition coefficient (Wildman–Crippen LogP) is -0.775. The zero-order chi connectivity index (χ0) is 2.00. The van der Waals surface area contributed by atoms with Gasteiger partial charge in [0.25, 0.3) is 0 Å². The van der Waals surface area contributed by atoms with Crippen LogP contribution in [0, 0.1) is 0 Å². The Morgan fingerprint density at radius 3 is 1.20 bits per heavy atom. The van der Waals surface area contributed by atoms with Crippen molar-refractivity contribution in [2.75, 3.05) is 0 Å². The zero-order valence-electron chi connectivity index (χ0n) is 1.48. The first-order chi connectivity index (χ1) is 1.00. The van der Waals surface area contributed by atoms with Crippen LogP contribution in [0.3, 0.4) is 0 Å². The van der Waals surface area contributed by atoms with Crippen LogP contribution in [0.1, 0.15) is 0 Å². The molecule has 0 aromatic heterocycles. The first kappa shape index (κ1) is 28.4. The molecule has 0 aliphatic heterocycles. The molecule has 0 spiro atoms. The summed E-state index contributed by atoms with van der Waals surface area (Å²) in [5.74, 6) is 0. The summed E-state index contributed by atoms with van der Waals surface area (Å²) in [5.41, 5.74) is 0. The van der Waals surface area contributed by atoms with E-state index in [1.54, 1.807) is 15.9 Å². The molecule has 0 N–H and O–H groups in total. The first-order valence-corrected chi connectivity index (χ1v) is 0.636. The second-order valence-corrected chi connectivity index (χ2v) is 0. The van der Waals surface area contributed by atoms with E-state index in [1.807, 2.05) is 0 Å². The Balaban J connectivity index is -0.00000000167. The van der Waals surface area contributed by atoms with E-state index in [4.69, 9.17) is 3.83 Å². The summed E-state index contributed by atoms with van der Waals surface area (Å²) in [5, 5.41) is 0. The van der Waals surface area contributed by atoms with Gasteiger partial charge in [0, 0.05) is 33.6 Å². The maximum absolute atomic E-state index is 8.06. The number of hydrogen-bond acceptors (Lipinski definition) is 1. The molecular weight excluding hydrogens is 192 g/mol. The fourth-order valence-electron chi connectivity index (χ4n) is 0. The molecule has 0 atom stereocenters. The quantitative estimate of drug-likeness (QED) is 0.461. The average Bonchev–Trinajstić information content (AvgIpc) is 1.00. The third kappa shape index (κ3) is 24.6. The van der Waals surface area contributed by atoms with Gasteiger partial charge in [-0.3, -0.25) is 0 Å². The Bertz CT molecular complexity index is 9.61. The van der Waals surface area contributed by atoms with E-state index in [9.17, 15) is 0 Å². The number of hydrogen-bond donors (Lipinski definition) is 0.